The second-order valence-electron chi connectivity index (χ2n) is 9.55. The van der Waals surface area contributed by atoms with Crippen LogP contribution in [0.5, 0.6) is 0 Å². The molecule has 224 valence electrons. The first-order chi connectivity index (χ1) is 20.5. The van der Waals surface area contributed by atoms with E-state index in [4.69, 9.17) is 21.1 Å². The maximum absolute atomic E-state index is 14.4. The van der Waals surface area contributed by atoms with Crippen LogP contribution in [0.15, 0.2) is 73.1 Å². The van der Waals surface area contributed by atoms with Crippen molar-refractivity contribution >= 4 is 23.4 Å². The minimum Gasteiger partial charge on any atom is -0.354 e. The van der Waals surface area contributed by atoms with Crippen LogP contribution in [0.3, 0.4) is 0 Å². The van der Waals surface area contributed by atoms with E-state index in [9.17, 15) is 27.2 Å². The largest absolute Gasteiger partial charge is 0.416 e. The molecule has 0 radical (unpaired) electrons. The zero-order valence-electron chi connectivity index (χ0n) is 22.5. The average Bonchev–Trinajstić information content (AvgIpc) is 3.69. The van der Waals surface area contributed by atoms with Gasteiger partial charge in [0.15, 0.2) is 5.82 Å². The Balaban J connectivity index is 1.47. The average molecular weight is 618 g/mol. The molecule has 1 saturated heterocycles. The first-order valence-corrected chi connectivity index (χ1v) is 13.3. The number of alkyl halides is 3. The molecule has 1 atom stereocenters. The molecular weight excluding hydrogens is 594 g/mol. The number of likely N-dealkylation sites (N-methyl/N-ethyl adjacent to an activating group) is 1. The van der Waals surface area contributed by atoms with Crippen LogP contribution in [0.25, 0.3) is 17.1 Å². The number of rotatable bonds is 8. The Morgan fingerprint density at radius 2 is 1.74 bits per heavy atom. The predicted molar refractivity (Wildman–Crippen MR) is 147 cm³/mol. The lowest BCUT2D eigenvalue weighted by Crippen LogP contribution is -2.62. The highest BCUT2D eigenvalue weighted by Crippen LogP contribution is 2.31. The third kappa shape index (κ3) is 6.38. The van der Waals surface area contributed by atoms with Gasteiger partial charge in [-0.25, -0.2) is 14.1 Å². The lowest BCUT2D eigenvalue weighted by atomic mass is 9.96. The van der Waals surface area contributed by atoms with Crippen molar-refractivity contribution in [3.63, 3.8) is 0 Å². The number of hydrogen-bond acceptors (Lipinski definition) is 6. The van der Waals surface area contributed by atoms with Gasteiger partial charge >= 0.3 is 6.18 Å². The Labute approximate surface area is 247 Å². The molecule has 1 fully saturated rings. The number of pyridine rings is 1. The number of benzene rings is 2. The third-order valence-corrected chi connectivity index (χ3v) is 7.02. The number of nitrogens with one attached hydrogen (secondary N) is 2. The molecule has 14 heteroatoms. The van der Waals surface area contributed by atoms with Gasteiger partial charge in [0, 0.05) is 23.8 Å². The first-order valence-electron chi connectivity index (χ1n) is 12.9. The Kier molecular flexibility index (Phi) is 8.49. The molecule has 0 aliphatic carbocycles. The zero-order valence-corrected chi connectivity index (χ0v) is 23.2. The SMILES string of the molecule is CNC(=O)C1(C(Cc2ccc(Cl)cc2)NC(=O)c2cc(F)cnc2-n2ccc(-c3ccc(C(F)(F)F)cc3)n2)OCCO1. The van der Waals surface area contributed by atoms with Crippen molar-refractivity contribution in [1.82, 2.24) is 25.4 Å². The molecule has 2 N–H and O–H groups in total. The van der Waals surface area contributed by atoms with Crippen LogP contribution in [-0.2, 0) is 26.9 Å². The van der Waals surface area contributed by atoms with E-state index in [1.54, 1.807) is 24.3 Å². The van der Waals surface area contributed by atoms with E-state index in [1.165, 1.54) is 36.1 Å². The molecule has 5 rings (SSSR count). The quantitative estimate of drug-likeness (QED) is 0.281. The summed E-state index contributed by atoms with van der Waals surface area (Å²) in [4.78, 5) is 30.8. The summed E-state index contributed by atoms with van der Waals surface area (Å²) >= 11 is 6.02. The fourth-order valence-corrected chi connectivity index (χ4v) is 4.80. The number of aromatic nitrogens is 3. The summed E-state index contributed by atoms with van der Waals surface area (Å²) in [5.41, 5.74) is 0.327. The molecule has 2 aromatic carbocycles. The monoisotopic (exact) mass is 617 g/mol. The van der Waals surface area contributed by atoms with E-state index in [0.29, 0.717) is 16.1 Å². The highest BCUT2D eigenvalue weighted by molar-refractivity contribution is 6.30. The molecule has 1 aliphatic rings. The number of nitrogens with zero attached hydrogens (tertiary/aromatic N) is 3. The van der Waals surface area contributed by atoms with Crippen molar-refractivity contribution in [3.05, 3.63) is 101 Å². The van der Waals surface area contributed by atoms with E-state index in [0.717, 1.165) is 24.4 Å². The summed E-state index contributed by atoms with van der Waals surface area (Å²) < 4.78 is 66.1. The molecule has 0 saturated carbocycles. The van der Waals surface area contributed by atoms with Gasteiger partial charge in [0.2, 0.25) is 0 Å². The molecule has 9 nitrogen and oxygen atoms in total. The number of halogens is 5. The van der Waals surface area contributed by atoms with Gasteiger partial charge in [-0.1, -0.05) is 35.9 Å². The van der Waals surface area contributed by atoms with Crippen LogP contribution in [0.1, 0.15) is 21.5 Å². The fourth-order valence-electron chi connectivity index (χ4n) is 4.67. The van der Waals surface area contributed by atoms with Crippen LogP contribution >= 0.6 is 11.6 Å². The van der Waals surface area contributed by atoms with Crippen LogP contribution in [-0.4, -0.2) is 58.7 Å². The lowest BCUT2D eigenvalue weighted by molar-refractivity contribution is -0.192. The van der Waals surface area contributed by atoms with Crippen molar-refractivity contribution in [2.24, 2.45) is 0 Å². The minimum atomic E-state index is -4.49. The highest BCUT2D eigenvalue weighted by atomic mass is 35.5. The van der Waals surface area contributed by atoms with Gasteiger partial charge < -0.3 is 20.1 Å². The lowest BCUT2D eigenvalue weighted by Gasteiger charge is -2.34. The van der Waals surface area contributed by atoms with Crippen molar-refractivity contribution in [3.8, 4) is 17.1 Å². The molecule has 3 heterocycles. The summed E-state index contributed by atoms with van der Waals surface area (Å²) in [6.45, 7) is 0.181. The Hall–Kier alpha value is -4.33. The van der Waals surface area contributed by atoms with Gasteiger partial charge in [-0.15, -0.1) is 0 Å². The van der Waals surface area contributed by atoms with Gasteiger partial charge in [0.25, 0.3) is 17.6 Å². The minimum absolute atomic E-state index is 0.0652. The summed E-state index contributed by atoms with van der Waals surface area (Å²) in [6, 6.07) is 12.5. The van der Waals surface area contributed by atoms with Gasteiger partial charge in [0.05, 0.1) is 42.3 Å². The Morgan fingerprint density at radius 3 is 2.37 bits per heavy atom. The third-order valence-electron chi connectivity index (χ3n) is 6.77. The van der Waals surface area contributed by atoms with E-state index < -0.39 is 41.2 Å². The molecule has 2 amide bonds. The maximum atomic E-state index is 14.4. The van der Waals surface area contributed by atoms with Crippen LogP contribution in [0.2, 0.25) is 5.02 Å². The van der Waals surface area contributed by atoms with Crippen molar-refractivity contribution in [1.29, 1.82) is 0 Å². The Morgan fingerprint density at radius 1 is 1.07 bits per heavy atom. The zero-order chi connectivity index (χ0) is 30.8. The number of hydrogen-bond donors (Lipinski definition) is 2. The Bertz CT molecular complexity index is 1620. The first kappa shape index (κ1) is 30.1. The highest BCUT2D eigenvalue weighted by Gasteiger charge is 2.52. The summed E-state index contributed by atoms with van der Waals surface area (Å²) in [5.74, 6) is -4.20. The molecule has 1 aliphatic heterocycles. The second kappa shape index (κ2) is 12.1. The second-order valence-corrected chi connectivity index (χ2v) is 9.98. The number of carbonyl (C=O) groups is 2. The van der Waals surface area contributed by atoms with Crippen LogP contribution in [0.4, 0.5) is 17.6 Å². The molecule has 0 bridgehead atoms. The van der Waals surface area contributed by atoms with Crippen molar-refractivity contribution < 1.29 is 36.6 Å². The van der Waals surface area contributed by atoms with Gasteiger partial charge in [-0.05, 0) is 48.4 Å². The summed E-state index contributed by atoms with van der Waals surface area (Å²) in [7, 11) is 1.40. The summed E-state index contributed by atoms with van der Waals surface area (Å²) in [6.07, 6.45) is -2.08. The molecule has 43 heavy (non-hydrogen) atoms. The predicted octanol–water partition coefficient (Wildman–Crippen LogP) is 4.58. The maximum Gasteiger partial charge on any atom is 0.416 e. The topological polar surface area (TPSA) is 107 Å². The number of ether oxygens (including phenoxy) is 2. The smallest absolute Gasteiger partial charge is 0.354 e. The van der Waals surface area contributed by atoms with E-state index in [2.05, 4.69) is 20.7 Å². The molecule has 0 spiro atoms. The molecule has 4 aromatic rings. The molecule has 1 unspecified atom stereocenters. The number of carbonyl (C=O) groups excluding carboxylic acids is 2. The number of amides is 2. The van der Waals surface area contributed by atoms with Crippen LogP contribution < -0.4 is 10.6 Å². The van der Waals surface area contributed by atoms with Crippen molar-refractivity contribution in [2.75, 3.05) is 20.3 Å². The van der Waals surface area contributed by atoms with E-state index >= 15 is 0 Å². The van der Waals surface area contributed by atoms with E-state index in [-0.39, 0.29) is 36.7 Å². The van der Waals surface area contributed by atoms with Gasteiger partial charge in [-0.2, -0.15) is 18.3 Å². The van der Waals surface area contributed by atoms with Crippen molar-refractivity contribution in [2.45, 2.75) is 24.4 Å². The fraction of sp³-hybridized carbons (Fsp3) is 0.241. The normalized spacial score (nSPS) is 15.2. The van der Waals surface area contributed by atoms with Gasteiger partial charge in [-0.3, -0.25) is 9.59 Å². The molecule has 2 aromatic heterocycles. The standard InChI is InChI=1S/C29H24ClF4N5O4/c1-35-27(41)28(42-12-13-43-28)24(14-17-2-8-20(30)9-3-17)37-26(40)22-15-21(31)16-36-25(22)39-11-10-23(38-39)18-4-6-19(7-5-18)29(32,33)34/h2-11,15-16,24H,12-14H2,1H3,(H,35,41)(H,37,40). The summed E-state index contributed by atoms with van der Waals surface area (Å²) in [5, 5.41) is 10.1. The van der Waals surface area contributed by atoms with E-state index in [1.807, 2.05) is 0 Å². The molecular formula is C29H24ClF4N5O4. The van der Waals surface area contributed by atoms with Crippen LogP contribution in [0, 0.1) is 5.82 Å². The van der Waals surface area contributed by atoms with Gasteiger partial charge in [0.1, 0.15) is 5.82 Å².